The molecule has 0 unspecified atom stereocenters. The standard InChI is InChI=1S/C14H21N3O2/c1-3-4-5-9-17(2)14(18)12-8-6-7-11(10-12)13(15)16-19/h6-8,10,19H,3-5,9H2,1-2H3,(H2,15,16). The van der Waals surface area contributed by atoms with Crippen LogP contribution in [-0.2, 0) is 0 Å². The quantitative estimate of drug-likeness (QED) is 0.271. The van der Waals surface area contributed by atoms with Crippen LogP contribution in [0.4, 0.5) is 0 Å². The van der Waals surface area contributed by atoms with Crippen molar-refractivity contribution in [1.82, 2.24) is 4.90 Å². The molecule has 0 aromatic heterocycles. The normalized spacial score (nSPS) is 11.4. The molecule has 1 rings (SSSR count). The molecule has 1 aromatic carbocycles. The van der Waals surface area contributed by atoms with Gasteiger partial charge >= 0.3 is 0 Å². The number of unbranched alkanes of at least 4 members (excludes halogenated alkanes) is 2. The van der Waals surface area contributed by atoms with E-state index in [1.54, 1.807) is 36.2 Å². The maximum Gasteiger partial charge on any atom is 0.253 e. The molecule has 0 heterocycles. The Kier molecular flexibility index (Phi) is 5.85. The molecule has 0 bridgehead atoms. The zero-order valence-electron chi connectivity index (χ0n) is 11.5. The van der Waals surface area contributed by atoms with Crippen molar-refractivity contribution >= 4 is 11.7 Å². The summed E-state index contributed by atoms with van der Waals surface area (Å²) in [7, 11) is 1.79. The van der Waals surface area contributed by atoms with Gasteiger partial charge in [-0.15, -0.1) is 0 Å². The first-order valence-corrected chi connectivity index (χ1v) is 6.43. The lowest BCUT2D eigenvalue weighted by Gasteiger charge is -2.17. The number of oxime groups is 1. The van der Waals surface area contributed by atoms with Crippen molar-refractivity contribution in [3.63, 3.8) is 0 Å². The number of carbonyl (C=O) groups excluding carboxylic acids is 1. The summed E-state index contributed by atoms with van der Waals surface area (Å²) in [5.41, 5.74) is 6.59. The average Bonchev–Trinajstić information content (AvgIpc) is 2.45. The minimum Gasteiger partial charge on any atom is -0.409 e. The summed E-state index contributed by atoms with van der Waals surface area (Å²) in [6.45, 7) is 2.86. The first-order chi connectivity index (χ1) is 9.10. The van der Waals surface area contributed by atoms with E-state index >= 15 is 0 Å². The number of amides is 1. The summed E-state index contributed by atoms with van der Waals surface area (Å²) in [5.74, 6) is -0.0491. The summed E-state index contributed by atoms with van der Waals surface area (Å²) in [4.78, 5) is 13.9. The summed E-state index contributed by atoms with van der Waals surface area (Å²) in [5, 5.41) is 11.6. The fourth-order valence-corrected chi connectivity index (χ4v) is 1.79. The van der Waals surface area contributed by atoms with Crippen LogP contribution in [-0.4, -0.2) is 35.4 Å². The predicted octanol–water partition coefficient (Wildman–Crippen LogP) is 2.04. The number of nitrogens with zero attached hydrogens (tertiary/aromatic N) is 2. The van der Waals surface area contributed by atoms with Gasteiger partial charge in [0.25, 0.3) is 5.91 Å². The number of amidine groups is 1. The average molecular weight is 263 g/mol. The molecule has 1 amide bonds. The first kappa shape index (κ1) is 15.0. The maximum atomic E-state index is 12.2. The van der Waals surface area contributed by atoms with Crippen LogP contribution in [0.15, 0.2) is 29.4 Å². The molecule has 0 atom stereocenters. The van der Waals surface area contributed by atoms with E-state index in [-0.39, 0.29) is 11.7 Å². The smallest absolute Gasteiger partial charge is 0.253 e. The van der Waals surface area contributed by atoms with Gasteiger partial charge in [0.2, 0.25) is 0 Å². The summed E-state index contributed by atoms with van der Waals surface area (Å²) < 4.78 is 0. The molecule has 104 valence electrons. The van der Waals surface area contributed by atoms with Crippen LogP contribution in [0, 0.1) is 0 Å². The highest BCUT2D eigenvalue weighted by atomic mass is 16.4. The van der Waals surface area contributed by atoms with E-state index in [0.717, 1.165) is 25.8 Å². The molecule has 0 aliphatic carbocycles. The summed E-state index contributed by atoms with van der Waals surface area (Å²) >= 11 is 0. The van der Waals surface area contributed by atoms with E-state index < -0.39 is 0 Å². The Morgan fingerprint density at radius 3 is 2.68 bits per heavy atom. The van der Waals surface area contributed by atoms with Gasteiger partial charge in [0.1, 0.15) is 0 Å². The minimum atomic E-state index is -0.0521. The van der Waals surface area contributed by atoms with Gasteiger partial charge in [-0.3, -0.25) is 4.79 Å². The van der Waals surface area contributed by atoms with Crippen LogP contribution in [0.25, 0.3) is 0 Å². The minimum absolute atomic E-state index is 0.00304. The Morgan fingerprint density at radius 2 is 2.05 bits per heavy atom. The molecule has 3 N–H and O–H groups in total. The van der Waals surface area contributed by atoms with Crippen molar-refractivity contribution in [2.24, 2.45) is 10.9 Å². The van der Waals surface area contributed by atoms with Crippen molar-refractivity contribution in [2.75, 3.05) is 13.6 Å². The van der Waals surface area contributed by atoms with Gasteiger partial charge in [-0.1, -0.05) is 37.1 Å². The number of carbonyl (C=O) groups is 1. The molecule has 1 aromatic rings. The van der Waals surface area contributed by atoms with Gasteiger partial charge in [-0.05, 0) is 18.6 Å². The number of nitrogens with two attached hydrogens (primary N) is 1. The lowest BCUT2D eigenvalue weighted by molar-refractivity contribution is 0.0792. The molecule has 5 nitrogen and oxygen atoms in total. The van der Waals surface area contributed by atoms with E-state index in [1.165, 1.54) is 0 Å². The molecule has 5 heteroatoms. The van der Waals surface area contributed by atoms with Gasteiger partial charge in [0, 0.05) is 24.7 Å². The molecule has 19 heavy (non-hydrogen) atoms. The van der Waals surface area contributed by atoms with E-state index in [1.807, 2.05) is 0 Å². The third-order valence-electron chi connectivity index (χ3n) is 2.96. The number of benzene rings is 1. The Bertz CT molecular complexity index is 458. The van der Waals surface area contributed by atoms with Gasteiger partial charge in [-0.25, -0.2) is 0 Å². The Hall–Kier alpha value is -2.04. The molecule has 0 spiro atoms. The van der Waals surface area contributed by atoms with Crippen LogP contribution < -0.4 is 5.73 Å². The number of hydrogen-bond donors (Lipinski definition) is 2. The zero-order chi connectivity index (χ0) is 14.3. The molecule has 0 aliphatic heterocycles. The lowest BCUT2D eigenvalue weighted by Crippen LogP contribution is -2.28. The molecule has 0 radical (unpaired) electrons. The fourth-order valence-electron chi connectivity index (χ4n) is 1.79. The first-order valence-electron chi connectivity index (χ1n) is 6.43. The van der Waals surface area contributed by atoms with Gasteiger partial charge in [-0.2, -0.15) is 0 Å². The highest BCUT2D eigenvalue weighted by Gasteiger charge is 2.12. The third kappa shape index (κ3) is 4.28. The van der Waals surface area contributed by atoms with Gasteiger partial charge < -0.3 is 15.8 Å². The van der Waals surface area contributed by atoms with Crippen molar-refractivity contribution in [3.8, 4) is 0 Å². The molecular formula is C14H21N3O2. The van der Waals surface area contributed by atoms with E-state index in [2.05, 4.69) is 12.1 Å². The lowest BCUT2D eigenvalue weighted by atomic mass is 10.1. The predicted molar refractivity (Wildman–Crippen MR) is 75.4 cm³/mol. The number of rotatable bonds is 6. The number of hydrogen-bond acceptors (Lipinski definition) is 3. The van der Waals surface area contributed by atoms with Crippen LogP contribution >= 0.6 is 0 Å². The van der Waals surface area contributed by atoms with E-state index in [9.17, 15) is 4.79 Å². The molecule has 0 aliphatic rings. The van der Waals surface area contributed by atoms with Crippen molar-refractivity contribution in [2.45, 2.75) is 26.2 Å². The second-order valence-corrected chi connectivity index (χ2v) is 4.50. The SMILES string of the molecule is CCCCCN(C)C(=O)c1cccc(/C(N)=N/O)c1. The van der Waals surface area contributed by atoms with Crippen molar-refractivity contribution < 1.29 is 10.0 Å². The maximum absolute atomic E-state index is 12.2. The Balaban J connectivity index is 2.76. The topological polar surface area (TPSA) is 78.9 Å². The van der Waals surface area contributed by atoms with E-state index in [4.69, 9.17) is 10.9 Å². The monoisotopic (exact) mass is 263 g/mol. The third-order valence-corrected chi connectivity index (χ3v) is 2.96. The second-order valence-electron chi connectivity index (χ2n) is 4.50. The van der Waals surface area contributed by atoms with Crippen molar-refractivity contribution in [1.29, 1.82) is 0 Å². The molecule has 0 saturated carbocycles. The summed E-state index contributed by atoms with van der Waals surface area (Å²) in [6, 6.07) is 6.78. The molecular weight excluding hydrogens is 242 g/mol. The fraction of sp³-hybridized carbons (Fsp3) is 0.429. The van der Waals surface area contributed by atoms with E-state index in [0.29, 0.717) is 11.1 Å². The Morgan fingerprint density at radius 1 is 1.37 bits per heavy atom. The molecule has 0 fully saturated rings. The molecule has 0 saturated heterocycles. The van der Waals surface area contributed by atoms with Gasteiger partial charge in [0.05, 0.1) is 0 Å². The van der Waals surface area contributed by atoms with Crippen LogP contribution in [0.2, 0.25) is 0 Å². The van der Waals surface area contributed by atoms with Gasteiger partial charge in [0.15, 0.2) is 5.84 Å². The van der Waals surface area contributed by atoms with Crippen molar-refractivity contribution in [3.05, 3.63) is 35.4 Å². The van der Waals surface area contributed by atoms with Crippen LogP contribution in [0.1, 0.15) is 42.1 Å². The Labute approximate surface area is 113 Å². The zero-order valence-corrected chi connectivity index (χ0v) is 11.5. The largest absolute Gasteiger partial charge is 0.409 e. The second kappa shape index (κ2) is 7.41. The van der Waals surface area contributed by atoms with Crippen LogP contribution in [0.5, 0.6) is 0 Å². The van der Waals surface area contributed by atoms with Crippen LogP contribution in [0.3, 0.4) is 0 Å². The highest BCUT2D eigenvalue weighted by molar-refractivity contribution is 6.01. The highest BCUT2D eigenvalue weighted by Crippen LogP contribution is 2.09. The summed E-state index contributed by atoms with van der Waals surface area (Å²) in [6.07, 6.45) is 3.24.